The molecule has 2 aliphatic rings. The minimum Gasteiger partial charge on any atom is -0.491 e. The number of fused-ring (bicyclic) bond motifs is 1. The van der Waals surface area contributed by atoms with Gasteiger partial charge in [0.05, 0.1) is 18.1 Å². The van der Waals surface area contributed by atoms with Crippen LogP contribution in [0, 0.1) is 0 Å². The molecule has 25 heavy (non-hydrogen) atoms. The standard InChI is InChI=1S/C18H28N2O4S/c1-2-7-19-8-9-20(18-14-25(22,23)13-17(18)19)12-15-3-5-16(6-4-15)24-11-10-21/h3-6,17-18,21H,2,7-14H2,1H3/t17-,18+/m1/s1. The van der Waals surface area contributed by atoms with Crippen LogP contribution in [0.15, 0.2) is 24.3 Å². The third kappa shape index (κ3) is 4.53. The lowest BCUT2D eigenvalue weighted by Crippen LogP contribution is -2.58. The van der Waals surface area contributed by atoms with Gasteiger partial charge in [-0.1, -0.05) is 19.1 Å². The number of ether oxygens (including phenoxy) is 1. The van der Waals surface area contributed by atoms with Crippen LogP contribution < -0.4 is 4.74 Å². The molecule has 0 unspecified atom stereocenters. The van der Waals surface area contributed by atoms with E-state index < -0.39 is 9.84 Å². The zero-order chi connectivity index (χ0) is 17.9. The first-order valence-electron chi connectivity index (χ1n) is 9.03. The minimum atomic E-state index is -2.95. The summed E-state index contributed by atoms with van der Waals surface area (Å²) in [7, 11) is -2.95. The molecule has 0 bridgehead atoms. The number of hydrogen-bond acceptors (Lipinski definition) is 6. The Morgan fingerprint density at radius 3 is 2.40 bits per heavy atom. The van der Waals surface area contributed by atoms with Crippen molar-refractivity contribution >= 4 is 9.84 Å². The van der Waals surface area contributed by atoms with E-state index in [1.54, 1.807) is 0 Å². The van der Waals surface area contributed by atoms with E-state index in [4.69, 9.17) is 9.84 Å². The topological polar surface area (TPSA) is 70.1 Å². The van der Waals surface area contributed by atoms with Crippen molar-refractivity contribution in [2.75, 3.05) is 44.4 Å². The third-order valence-electron chi connectivity index (χ3n) is 5.09. The zero-order valence-corrected chi connectivity index (χ0v) is 15.6. The Morgan fingerprint density at radius 1 is 1.12 bits per heavy atom. The van der Waals surface area contributed by atoms with Crippen LogP contribution in [0.5, 0.6) is 5.75 Å². The average molecular weight is 368 g/mol. The van der Waals surface area contributed by atoms with Gasteiger partial charge in [0.2, 0.25) is 0 Å². The highest BCUT2D eigenvalue weighted by Gasteiger charge is 2.45. The van der Waals surface area contributed by atoms with Gasteiger partial charge in [0.25, 0.3) is 0 Å². The lowest BCUT2D eigenvalue weighted by atomic mass is 10.0. The van der Waals surface area contributed by atoms with Crippen LogP contribution in [-0.2, 0) is 16.4 Å². The van der Waals surface area contributed by atoms with E-state index in [-0.39, 0.29) is 24.4 Å². The second-order valence-electron chi connectivity index (χ2n) is 6.93. The lowest BCUT2D eigenvalue weighted by molar-refractivity contribution is 0.0405. The first kappa shape index (κ1) is 18.6. The maximum atomic E-state index is 12.2. The number of nitrogens with zero attached hydrogens (tertiary/aromatic N) is 2. The zero-order valence-electron chi connectivity index (χ0n) is 14.8. The summed E-state index contributed by atoms with van der Waals surface area (Å²) in [4.78, 5) is 4.68. The van der Waals surface area contributed by atoms with E-state index in [0.717, 1.165) is 43.9 Å². The summed E-state index contributed by atoms with van der Waals surface area (Å²) in [5, 5.41) is 8.80. The van der Waals surface area contributed by atoms with Gasteiger partial charge in [-0.05, 0) is 30.7 Å². The van der Waals surface area contributed by atoms with Crippen LogP contribution in [0.1, 0.15) is 18.9 Å². The van der Waals surface area contributed by atoms with Gasteiger partial charge in [0.15, 0.2) is 9.84 Å². The van der Waals surface area contributed by atoms with Crippen molar-refractivity contribution in [3.63, 3.8) is 0 Å². The Labute approximate surface area is 150 Å². The second kappa shape index (κ2) is 8.03. The SMILES string of the molecule is CCCN1CCN(Cc2ccc(OCCO)cc2)[C@H]2CS(=O)(=O)C[C@H]21. The normalized spacial score (nSPS) is 26.5. The van der Waals surface area contributed by atoms with E-state index in [9.17, 15) is 8.42 Å². The van der Waals surface area contributed by atoms with Crippen LogP contribution in [-0.4, -0.2) is 79.8 Å². The molecular formula is C18H28N2O4S. The van der Waals surface area contributed by atoms with Crippen molar-refractivity contribution < 1.29 is 18.3 Å². The molecule has 1 N–H and O–H groups in total. The molecule has 0 saturated carbocycles. The number of sulfone groups is 1. The highest BCUT2D eigenvalue weighted by Crippen LogP contribution is 2.28. The summed E-state index contributed by atoms with van der Waals surface area (Å²) in [6, 6.07) is 8.07. The first-order valence-corrected chi connectivity index (χ1v) is 10.9. The smallest absolute Gasteiger partial charge is 0.153 e. The number of aliphatic hydroxyl groups is 1. The predicted molar refractivity (Wildman–Crippen MR) is 97.5 cm³/mol. The molecule has 0 radical (unpaired) electrons. The van der Waals surface area contributed by atoms with Crippen LogP contribution in [0.3, 0.4) is 0 Å². The van der Waals surface area contributed by atoms with E-state index in [0.29, 0.717) is 12.4 Å². The molecule has 0 aliphatic carbocycles. The molecule has 1 aromatic carbocycles. The molecule has 2 heterocycles. The van der Waals surface area contributed by atoms with Gasteiger partial charge in [-0.25, -0.2) is 8.42 Å². The molecule has 7 heteroatoms. The third-order valence-corrected chi connectivity index (χ3v) is 6.78. The van der Waals surface area contributed by atoms with Crippen LogP contribution in [0.2, 0.25) is 0 Å². The van der Waals surface area contributed by atoms with Gasteiger partial charge in [0.1, 0.15) is 12.4 Å². The number of benzene rings is 1. The summed E-state index contributed by atoms with van der Waals surface area (Å²) in [5.41, 5.74) is 1.16. The van der Waals surface area contributed by atoms with Crippen molar-refractivity contribution in [2.24, 2.45) is 0 Å². The fraction of sp³-hybridized carbons (Fsp3) is 0.667. The highest BCUT2D eigenvalue weighted by molar-refractivity contribution is 7.91. The molecule has 1 aromatic rings. The lowest BCUT2D eigenvalue weighted by Gasteiger charge is -2.44. The van der Waals surface area contributed by atoms with Gasteiger partial charge in [0, 0.05) is 31.7 Å². The van der Waals surface area contributed by atoms with Crippen LogP contribution in [0.25, 0.3) is 0 Å². The Hall–Kier alpha value is -1.15. The fourth-order valence-electron chi connectivity index (χ4n) is 3.95. The summed E-state index contributed by atoms with van der Waals surface area (Å²) in [6.45, 7) is 6.01. The van der Waals surface area contributed by atoms with Gasteiger partial charge in [-0.3, -0.25) is 9.80 Å². The quantitative estimate of drug-likeness (QED) is 0.766. The Morgan fingerprint density at radius 2 is 1.76 bits per heavy atom. The van der Waals surface area contributed by atoms with Crippen molar-refractivity contribution in [3.05, 3.63) is 29.8 Å². The minimum absolute atomic E-state index is 0.00132. The number of aliphatic hydroxyl groups excluding tert-OH is 1. The monoisotopic (exact) mass is 368 g/mol. The molecule has 0 amide bonds. The molecule has 2 saturated heterocycles. The summed E-state index contributed by atoms with van der Waals surface area (Å²) in [5.74, 6) is 1.31. The van der Waals surface area contributed by atoms with Crippen LogP contribution in [0.4, 0.5) is 0 Å². The van der Waals surface area contributed by atoms with E-state index in [2.05, 4.69) is 16.7 Å². The van der Waals surface area contributed by atoms with Gasteiger partial charge >= 0.3 is 0 Å². The van der Waals surface area contributed by atoms with Crippen molar-refractivity contribution in [3.8, 4) is 5.75 Å². The average Bonchev–Trinajstić information content (AvgIpc) is 2.92. The maximum Gasteiger partial charge on any atom is 0.153 e. The van der Waals surface area contributed by atoms with E-state index in [1.807, 2.05) is 24.3 Å². The van der Waals surface area contributed by atoms with Crippen LogP contribution >= 0.6 is 0 Å². The summed E-state index contributed by atoms with van der Waals surface area (Å²) >= 11 is 0. The first-order chi connectivity index (χ1) is 12.0. The van der Waals surface area contributed by atoms with Gasteiger partial charge in [-0.15, -0.1) is 0 Å². The molecule has 0 spiro atoms. The Kier molecular flexibility index (Phi) is 5.99. The van der Waals surface area contributed by atoms with E-state index in [1.165, 1.54) is 0 Å². The highest BCUT2D eigenvalue weighted by atomic mass is 32.2. The Balaban J connectivity index is 1.68. The summed E-state index contributed by atoms with van der Waals surface area (Å²) < 4.78 is 29.8. The largest absolute Gasteiger partial charge is 0.491 e. The molecule has 2 atom stereocenters. The molecule has 6 nitrogen and oxygen atoms in total. The van der Waals surface area contributed by atoms with Crippen molar-refractivity contribution in [1.29, 1.82) is 0 Å². The molecular weight excluding hydrogens is 340 g/mol. The molecule has 3 rings (SSSR count). The molecule has 140 valence electrons. The summed E-state index contributed by atoms with van der Waals surface area (Å²) in [6.07, 6.45) is 1.05. The fourth-order valence-corrected chi connectivity index (χ4v) is 5.99. The molecule has 0 aromatic heterocycles. The molecule has 2 aliphatic heterocycles. The predicted octanol–water partition coefficient (Wildman–Crippen LogP) is 0.751. The second-order valence-corrected chi connectivity index (χ2v) is 9.09. The number of rotatable bonds is 7. The van der Waals surface area contributed by atoms with E-state index >= 15 is 0 Å². The van der Waals surface area contributed by atoms with Crippen molar-refractivity contribution in [1.82, 2.24) is 9.80 Å². The van der Waals surface area contributed by atoms with Gasteiger partial charge < -0.3 is 9.84 Å². The Bertz CT molecular complexity index is 662. The maximum absolute atomic E-state index is 12.2. The molecule has 2 fully saturated rings. The number of hydrogen-bond donors (Lipinski definition) is 1. The number of piperazine rings is 1. The van der Waals surface area contributed by atoms with Crippen molar-refractivity contribution in [2.45, 2.75) is 32.0 Å². The van der Waals surface area contributed by atoms with Gasteiger partial charge in [-0.2, -0.15) is 0 Å².